The molecular weight excluding hydrogens is 410 g/mol. The summed E-state index contributed by atoms with van der Waals surface area (Å²) in [7, 11) is 5.76. The van der Waals surface area contributed by atoms with Crippen LogP contribution in [0.4, 0.5) is 9.59 Å². The molecule has 0 fully saturated rings. The highest BCUT2D eigenvalue weighted by molar-refractivity contribution is 5.70. The van der Waals surface area contributed by atoms with Gasteiger partial charge in [-0.2, -0.15) is 0 Å². The summed E-state index contributed by atoms with van der Waals surface area (Å²) in [4.78, 5) is 46.4. The summed E-state index contributed by atoms with van der Waals surface area (Å²) >= 11 is 0. The molecule has 0 spiro atoms. The fourth-order valence-electron chi connectivity index (χ4n) is 2.46. The molecule has 0 aliphatic heterocycles. The van der Waals surface area contributed by atoms with Crippen molar-refractivity contribution in [1.82, 2.24) is 10.6 Å². The van der Waals surface area contributed by atoms with Crippen LogP contribution in [0.5, 0.6) is 0 Å². The number of ether oxygens (including phenoxy) is 4. The molecule has 0 bridgehead atoms. The van der Waals surface area contributed by atoms with Crippen LogP contribution in [0, 0.1) is 0 Å². The molecule has 31 heavy (non-hydrogen) atoms. The van der Waals surface area contributed by atoms with E-state index in [4.69, 9.17) is 18.9 Å². The Balaban J connectivity index is 4.28. The first-order valence-corrected chi connectivity index (χ1v) is 10.5. The molecule has 0 heterocycles. The van der Waals surface area contributed by atoms with Crippen LogP contribution in [-0.2, 0) is 28.5 Å². The Morgan fingerprint density at radius 2 is 1.26 bits per heavy atom. The van der Waals surface area contributed by atoms with Gasteiger partial charge in [-0.3, -0.25) is 9.59 Å². The Kier molecular flexibility index (Phi) is 14.8. The van der Waals surface area contributed by atoms with Gasteiger partial charge < -0.3 is 34.1 Å². The van der Waals surface area contributed by atoms with Gasteiger partial charge >= 0.3 is 24.1 Å². The average Bonchev–Trinajstić information content (AvgIpc) is 2.66. The van der Waals surface area contributed by atoms with Gasteiger partial charge in [0.2, 0.25) is 0 Å². The Hall–Kier alpha value is -2.56. The minimum Gasteiger partial charge on any atom is -0.466 e. The fraction of sp³-hybridized carbons (Fsp3) is 0.800. The molecule has 0 aromatic heterocycles. The van der Waals surface area contributed by atoms with Crippen molar-refractivity contribution in [3.05, 3.63) is 0 Å². The number of likely N-dealkylation sites (N-methyl/N-ethyl adjacent to an activating group) is 1. The molecule has 0 rings (SSSR count). The second-order valence-corrected chi connectivity index (χ2v) is 7.77. The third-order valence-electron chi connectivity index (χ3n) is 3.69. The van der Waals surface area contributed by atoms with Gasteiger partial charge in [-0.05, 0) is 26.7 Å². The third-order valence-corrected chi connectivity index (χ3v) is 3.69. The maximum atomic E-state index is 12.0. The number of carbonyl (C=O) groups excluding carboxylic acids is 4. The fourth-order valence-corrected chi connectivity index (χ4v) is 2.46. The predicted octanol–water partition coefficient (Wildman–Crippen LogP) is 1.20. The summed E-state index contributed by atoms with van der Waals surface area (Å²) in [5, 5.41) is 5.11. The van der Waals surface area contributed by atoms with Gasteiger partial charge in [0.25, 0.3) is 0 Å². The predicted molar refractivity (Wildman–Crippen MR) is 112 cm³/mol. The van der Waals surface area contributed by atoms with E-state index in [-0.39, 0.29) is 44.5 Å². The molecular formula is C20H38N3O8+. The lowest BCUT2D eigenvalue weighted by Gasteiger charge is -2.28. The van der Waals surface area contributed by atoms with Crippen molar-refractivity contribution in [2.45, 2.75) is 45.6 Å². The van der Waals surface area contributed by atoms with Gasteiger partial charge in [0.1, 0.15) is 13.2 Å². The van der Waals surface area contributed by atoms with Crippen molar-refractivity contribution in [2.24, 2.45) is 0 Å². The molecule has 1 unspecified atom stereocenters. The molecule has 0 aliphatic rings. The van der Waals surface area contributed by atoms with Gasteiger partial charge in [0, 0.05) is 25.9 Å². The smallest absolute Gasteiger partial charge is 0.407 e. The Morgan fingerprint density at radius 1 is 0.774 bits per heavy atom. The molecule has 180 valence electrons. The average molecular weight is 449 g/mol. The van der Waals surface area contributed by atoms with E-state index in [1.54, 1.807) is 13.8 Å². The van der Waals surface area contributed by atoms with Crippen molar-refractivity contribution in [3.63, 3.8) is 0 Å². The molecule has 0 radical (unpaired) electrons. The number of carbonyl (C=O) groups is 4. The maximum absolute atomic E-state index is 12.0. The molecule has 0 aliphatic carbocycles. The first-order chi connectivity index (χ1) is 14.6. The Labute approximate surface area is 184 Å². The van der Waals surface area contributed by atoms with Crippen molar-refractivity contribution in [1.29, 1.82) is 0 Å². The van der Waals surface area contributed by atoms with Crippen LogP contribution in [0.2, 0.25) is 0 Å². The Morgan fingerprint density at radius 3 is 1.71 bits per heavy atom. The lowest BCUT2D eigenvalue weighted by molar-refractivity contribution is -0.873. The lowest BCUT2D eigenvalue weighted by atomic mass is 10.3. The molecule has 0 saturated heterocycles. The minimum absolute atomic E-state index is 0.116. The van der Waals surface area contributed by atoms with Crippen LogP contribution in [0.3, 0.4) is 0 Å². The van der Waals surface area contributed by atoms with Gasteiger partial charge in [-0.15, -0.1) is 0 Å². The number of hydrogen-bond acceptors (Lipinski definition) is 8. The molecule has 0 aromatic carbocycles. The summed E-state index contributed by atoms with van der Waals surface area (Å²) in [5.41, 5.74) is 0. The number of esters is 2. The number of rotatable bonds is 15. The monoisotopic (exact) mass is 448 g/mol. The van der Waals surface area contributed by atoms with Gasteiger partial charge in [-0.25, -0.2) is 9.59 Å². The maximum Gasteiger partial charge on any atom is 0.407 e. The van der Waals surface area contributed by atoms with Gasteiger partial charge in [0.05, 0.1) is 34.4 Å². The molecule has 0 saturated carbocycles. The van der Waals surface area contributed by atoms with E-state index >= 15 is 0 Å². The van der Waals surface area contributed by atoms with Crippen molar-refractivity contribution in [3.8, 4) is 0 Å². The first kappa shape index (κ1) is 28.4. The standard InChI is InChI=1S/C20H37N3O8/c1-6-28-17(24)10-8-12-21-19(26)30-15-16(14-23(3,4)5)31-20(27)22-13-9-11-18(25)29-7-2/h16H,6-15H2,1-5H3,(H-,21,22,26,27)/p+1. The highest BCUT2D eigenvalue weighted by atomic mass is 16.6. The zero-order valence-electron chi connectivity index (χ0n) is 19.4. The van der Waals surface area contributed by atoms with Crippen molar-refractivity contribution < 1.29 is 42.6 Å². The summed E-state index contributed by atoms with van der Waals surface area (Å²) in [6.45, 7) is 4.93. The van der Waals surface area contributed by atoms with Crippen LogP contribution in [0.15, 0.2) is 0 Å². The van der Waals surface area contributed by atoms with Crippen molar-refractivity contribution >= 4 is 24.1 Å². The number of quaternary nitrogens is 1. The number of nitrogens with one attached hydrogen (secondary N) is 2. The van der Waals surface area contributed by atoms with E-state index in [2.05, 4.69) is 10.6 Å². The van der Waals surface area contributed by atoms with Crippen LogP contribution >= 0.6 is 0 Å². The molecule has 2 amide bonds. The third kappa shape index (κ3) is 18.0. The van der Waals surface area contributed by atoms with E-state index in [1.165, 1.54) is 0 Å². The first-order valence-electron chi connectivity index (χ1n) is 10.5. The van der Waals surface area contributed by atoms with Crippen LogP contribution in [0.1, 0.15) is 39.5 Å². The van der Waals surface area contributed by atoms with Gasteiger partial charge in [-0.1, -0.05) is 0 Å². The molecule has 0 aromatic rings. The zero-order valence-corrected chi connectivity index (χ0v) is 19.4. The lowest BCUT2D eigenvalue weighted by Crippen LogP contribution is -2.46. The van der Waals surface area contributed by atoms with Crippen molar-refractivity contribution in [2.75, 3.05) is 60.6 Å². The second-order valence-electron chi connectivity index (χ2n) is 7.77. The number of amides is 2. The topological polar surface area (TPSA) is 129 Å². The van der Waals surface area contributed by atoms with E-state index < -0.39 is 18.3 Å². The quantitative estimate of drug-likeness (QED) is 0.165. The van der Waals surface area contributed by atoms with E-state index in [9.17, 15) is 19.2 Å². The molecule has 11 heteroatoms. The minimum atomic E-state index is -0.659. The van der Waals surface area contributed by atoms with Crippen LogP contribution in [-0.4, -0.2) is 95.3 Å². The molecule has 1 atom stereocenters. The van der Waals surface area contributed by atoms with Crippen LogP contribution in [0.25, 0.3) is 0 Å². The molecule has 11 nitrogen and oxygen atoms in total. The summed E-state index contributed by atoms with van der Waals surface area (Å²) < 4.78 is 20.6. The number of nitrogens with zero attached hydrogens (tertiary/aromatic N) is 1. The number of alkyl carbamates (subject to hydrolysis) is 2. The largest absolute Gasteiger partial charge is 0.466 e. The number of hydrogen-bond donors (Lipinski definition) is 2. The Bertz CT molecular complexity index is 563. The molecule has 2 N–H and O–H groups in total. The normalized spacial score (nSPS) is 11.8. The summed E-state index contributed by atoms with van der Waals surface area (Å²) in [6.07, 6.45) is -0.697. The van der Waals surface area contributed by atoms with Gasteiger partial charge in [0.15, 0.2) is 6.10 Å². The SMILES string of the molecule is CCOC(=O)CCCNC(=O)OCC(C[N+](C)(C)C)OC(=O)NCCCC(=O)OCC. The highest BCUT2D eigenvalue weighted by Gasteiger charge is 2.24. The van der Waals surface area contributed by atoms with E-state index in [0.717, 1.165) is 0 Å². The highest BCUT2D eigenvalue weighted by Crippen LogP contribution is 2.03. The van der Waals surface area contributed by atoms with Crippen LogP contribution < -0.4 is 10.6 Å². The summed E-state index contributed by atoms with van der Waals surface area (Å²) in [5.74, 6) is -0.635. The summed E-state index contributed by atoms with van der Waals surface area (Å²) in [6, 6.07) is 0. The second kappa shape index (κ2) is 16.2. The van der Waals surface area contributed by atoms with E-state index in [0.29, 0.717) is 37.1 Å². The van der Waals surface area contributed by atoms with E-state index in [1.807, 2.05) is 21.1 Å². The zero-order chi connectivity index (χ0) is 23.7.